The zero-order valence-electron chi connectivity index (χ0n) is 11.8. The maximum atomic E-state index is 11.8. The highest BCUT2D eigenvalue weighted by Gasteiger charge is 2.13. The maximum Gasteiger partial charge on any atom is 0.287 e. The summed E-state index contributed by atoms with van der Waals surface area (Å²) in [6, 6.07) is 9.86. The second-order valence-corrected chi connectivity index (χ2v) is 5.17. The average Bonchev–Trinajstić information content (AvgIpc) is 2.75. The first-order chi connectivity index (χ1) is 8.95. The summed E-state index contributed by atoms with van der Waals surface area (Å²) in [5.74, 6) is 0.897. The molecule has 0 radical (unpaired) electrons. The first-order valence-electron chi connectivity index (χ1n) is 6.45. The molecule has 19 heavy (non-hydrogen) atoms. The van der Waals surface area contributed by atoms with E-state index in [9.17, 15) is 4.79 Å². The van der Waals surface area contributed by atoms with Gasteiger partial charge in [0, 0.05) is 11.6 Å². The zero-order chi connectivity index (χ0) is 14.0. The molecule has 0 bridgehead atoms. The zero-order valence-corrected chi connectivity index (χ0v) is 11.8. The number of carbonyl (C=O) groups is 1. The molecule has 0 saturated heterocycles. The monoisotopic (exact) mass is 257 g/mol. The molecule has 0 saturated carbocycles. The number of carbonyl (C=O) groups excluding carboxylic acids is 1. The Labute approximate surface area is 113 Å². The molecule has 2 rings (SSSR count). The van der Waals surface area contributed by atoms with Crippen molar-refractivity contribution in [2.24, 2.45) is 0 Å². The second kappa shape index (κ2) is 5.31. The van der Waals surface area contributed by atoms with E-state index < -0.39 is 0 Å². The fourth-order valence-electron chi connectivity index (χ4n) is 2.07. The number of aryl methyl sites for hydroxylation is 2. The molecule has 0 aliphatic rings. The Kier molecular flexibility index (Phi) is 3.74. The molecule has 0 aliphatic carbocycles. The van der Waals surface area contributed by atoms with Gasteiger partial charge in [0.15, 0.2) is 5.76 Å². The first-order valence-corrected chi connectivity index (χ1v) is 6.45. The van der Waals surface area contributed by atoms with Crippen molar-refractivity contribution in [3.05, 3.63) is 47.2 Å². The summed E-state index contributed by atoms with van der Waals surface area (Å²) < 4.78 is 5.63. The number of rotatable bonds is 3. The molecule has 1 aromatic carbocycles. The second-order valence-electron chi connectivity index (χ2n) is 5.17. The van der Waals surface area contributed by atoms with Gasteiger partial charge in [-0.25, -0.2) is 0 Å². The van der Waals surface area contributed by atoms with Gasteiger partial charge >= 0.3 is 0 Å². The maximum absolute atomic E-state index is 11.8. The van der Waals surface area contributed by atoms with E-state index >= 15 is 0 Å². The molecule has 0 atom stereocenters. The highest BCUT2D eigenvalue weighted by Crippen LogP contribution is 2.24. The molecular formula is C16H19NO2. The standard InChI is InChI=1S/C16H19NO2/c1-10(2)17-16(18)15-6-5-14(19-15)13-8-11(3)7-12(4)9-13/h5-10H,1-4H3,(H,17,18). The molecule has 0 fully saturated rings. The molecule has 3 heteroatoms. The van der Waals surface area contributed by atoms with Gasteiger partial charge in [0.2, 0.25) is 0 Å². The predicted molar refractivity (Wildman–Crippen MR) is 76.2 cm³/mol. The molecule has 1 aromatic heterocycles. The van der Waals surface area contributed by atoms with Gasteiger partial charge in [-0.2, -0.15) is 0 Å². The van der Waals surface area contributed by atoms with Crippen molar-refractivity contribution in [1.29, 1.82) is 0 Å². The Balaban J connectivity index is 2.28. The normalized spacial score (nSPS) is 10.8. The number of benzene rings is 1. The first kappa shape index (κ1) is 13.4. The molecule has 1 N–H and O–H groups in total. The van der Waals surface area contributed by atoms with Crippen molar-refractivity contribution >= 4 is 5.91 Å². The minimum Gasteiger partial charge on any atom is -0.451 e. The molecule has 0 aliphatic heterocycles. The van der Waals surface area contributed by atoms with Crippen molar-refractivity contribution in [3.63, 3.8) is 0 Å². The third-order valence-corrected chi connectivity index (χ3v) is 2.76. The molecule has 2 aromatic rings. The molecule has 3 nitrogen and oxygen atoms in total. The minimum atomic E-state index is -0.175. The summed E-state index contributed by atoms with van der Waals surface area (Å²) in [6.45, 7) is 7.94. The van der Waals surface area contributed by atoms with Gasteiger partial charge in [0.05, 0.1) is 0 Å². The number of hydrogen-bond donors (Lipinski definition) is 1. The van der Waals surface area contributed by atoms with Crippen LogP contribution < -0.4 is 5.32 Å². The van der Waals surface area contributed by atoms with Gasteiger partial charge < -0.3 is 9.73 Å². The smallest absolute Gasteiger partial charge is 0.287 e. The van der Waals surface area contributed by atoms with E-state index in [1.807, 2.05) is 33.8 Å². The number of amides is 1. The lowest BCUT2D eigenvalue weighted by Crippen LogP contribution is -2.29. The van der Waals surface area contributed by atoms with E-state index in [2.05, 4.69) is 23.5 Å². The Hall–Kier alpha value is -2.03. The molecule has 0 unspecified atom stereocenters. The van der Waals surface area contributed by atoms with Gasteiger partial charge in [-0.15, -0.1) is 0 Å². The minimum absolute atomic E-state index is 0.0993. The van der Waals surface area contributed by atoms with Crippen LogP contribution in [0.25, 0.3) is 11.3 Å². The van der Waals surface area contributed by atoms with Crippen molar-refractivity contribution in [2.45, 2.75) is 33.7 Å². The summed E-state index contributed by atoms with van der Waals surface area (Å²) in [5.41, 5.74) is 3.36. The molecule has 0 spiro atoms. The van der Waals surface area contributed by atoms with Gasteiger partial charge in [0.1, 0.15) is 5.76 Å². The summed E-state index contributed by atoms with van der Waals surface area (Å²) in [7, 11) is 0. The van der Waals surface area contributed by atoms with Gasteiger partial charge in [0.25, 0.3) is 5.91 Å². The van der Waals surface area contributed by atoms with Crippen LogP contribution in [0, 0.1) is 13.8 Å². The third-order valence-electron chi connectivity index (χ3n) is 2.76. The van der Waals surface area contributed by atoms with E-state index in [-0.39, 0.29) is 11.9 Å². The topological polar surface area (TPSA) is 42.2 Å². The van der Waals surface area contributed by atoms with Crippen LogP contribution in [0.1, 0.15) is 35.5 Å². The Morgan fingerprint density at radius 2 is 1.74 bits per heavy atom. The van der Waals surface area contributed by atoms with Crippen molar-refractivity contribution in [3.8, 4) is 11.3 Å². The Morgan fingerprint density at radius 1 is 1.11 bits per heavy atom. The highest BCUT2D eigenvalue weighted by atomic mass is 16.3. The summed E-state index contributed by atoms with van der Waals surface area (Å²) in [6.07, 6.45) is 0. The summed E-state index contributed by atoms with van der Waals surface area (Å²) in [4.78, 5) is 11.8. The number of furan rings is 1. The van der Waals surface area contributed by atoms with Crippen LogP contribution in [-0.4, -0.2) is 11.9 Å². The van der Waals surface area contributed by atoms with E-state index in [0.717, 1.165) is 11.3 Å². The Morgan fingerprint density at radius 3 is 2.32 bits per heavy atom. The van der Waals surface area contributed by atoms with E-state index in [0.29, 0.717) is 5.76 Å². The molecular weight excluding hydrogens is 238 g/mol. The fraction of sp³-hybridized carbons (Fsp3) is 0.312. The SMILES string of the molecule is Cc1cc(C)cc(-c2ccc(C(=O)NC(C)C)o2)c1. The van der Waals surface area contributed by atoms with Crippen LogP contribution in [0.2, 0.25) is 0 Å². The largest absolute Gasteiger partial charge is 0.451 e. The van der Waals surface area contributed by atoms with Crippen LogP contribution in [0.3, 0.4) is 0 Å². The Bertz CT molecular complexity index is 576. The van der Waals surface area contributed by atoms with Crippen LogP contribution >= 0.6 is 0 Å². The van der Waals surface area contributed by atoms with Gasteiger partial charge in [-0.05, 0) is 52.0 Å². The fourth-order valence-corrected chi connectivity index (χ4v) is 2.07. The number of hydrogen-bond acceptors (Lipinski definition) is 2. The van der Waals surface area contributed by atoms with Crippen LogP contribution in [0.4, 0.5) is 0 Å². The predicted octanol–water partition coefficient (Wildman–Crippen LogP) is 3.70. The average molecular weight is 257 g/mol. The highest BCUT2D eigenvalue weighted by molar-refractivity contribution is 5.92. The van der Waals surface area contributed by atoms with Gasteiger partial charge in [-0.1, -0.05) is 17.2 Å². The van der Waals surface area contributed by atoms with Crippen molar-refractivity contribution < 1.29 is 9.21 Å². The summed E-state index contributed by atoms with van der Waals surface area (Å²) >= 11 is 0. The van der Waals surface area contributed by atoms with Crippen LogP contribution in [0.15, 0.2) is 34.7 Å². The molecule has 1 heterocycles. The number of nitrogens with one attached hydrogen (secondary N) is 1. The molecule has 100 valence electrons. The lowest BCUT2D eigenvalue weighted by Gasteiger charge is -2.05. The van der Waals surface area contributed by atoms with Gasteiger partial charge in [-0.3, -0.25) is 4.79 Å². The van der Waals surface area contributed by atoms with E-state index in [4.69, 9.17) is 4.42 Å². The van der Waals surface area contributed by atoms with Crippen LogP contribution in [-0.2, 0) is 0 Å². The lowest BCUT2D eigenvalue weighted by atomic mass is 10.1. The lowest BCUT2D eigenvalue weighted by molar-refractivity contribution is 0.0916. The summed E-state index contributed by atoms with van der Waals surface area (Å²) in [5, 5.41) is 2.81. The quantitative estimate of drug-likeness (QED) is 0.911. The van der Waals surface area contributed by atoms with Crippen molar-refractivity contribution in [1.82, 2.24) is 5.32 Å². The van der Waals surface area contributed by atoms with Crippen LogP contribution in [0.5, 0.6) is 0 Å². The van der Waals surface area contributed by atoms with E-state index in [1.54, 1.807) is 6.07 Å². The van der Waals surface area contributed by atoms with Crippen molar-refractivity contribution in [2.75, 3.05) is 0 Å². The third kappa shape index (κ3) is 3.25. The molecule has 1 amide bonds. The van der Waals surface area contributed by atoms with E-state index in [1.165, 1.54) is 11.1 Å².